The van der Waals surface area contributed by atoms with E-state index < -0.39 is 0 Å². The molecule has 3 heteroatoms. The van der Waals surface area contributed by atoms with E-state index in [1.165, 1.54) is 0 Å². The summed E-state index contributed by atoms with van der Waals surface area (Å²) in [4.78, 5) is 3.75. The molecule has 2 N–H and O–H groups in total. The summed E-state index contributed by atoms with van der Waals surface area (Å²) < 4.78 is 0. The Morgan fingerprint density at radius 2 is 1.62 bits per heavy atom. The third-order valence-corrected chi connectivity index (χ3v) is 0.514. The van der Waals surface area contributed by atoms with Gasteiger partial charge in [-0.2, -0.15) is 18.2 Å². The van der Waals surface area contributed by atoms with Crippen LogP contribution in [0.4, 0.5) is 0 Å². The smallest absolute Gasteiger partial charge is 0.412 e. The van der Waals surface area contributed by atoms with E-state index in [0.717, 1.165) is 0 Å². The van der Waals surface area contributed by atoms with Gasteiger partial charge in [0, 0.05) is 0 Å². The largest absolute Gasteiger partial charge is 1.00 e. The first-order valence-corrected chi connectivity index (χ1v) is 1.76. The summed E-state index contributed by atoms with van der Waals surface area (Å²) in [6.07, 6.45) is 3.39. The number of pyridine rings is 1. The minimum atomic E-state index is 0. The van der Waals surface area contributed by atoms with Crippen molar-refractivity contribution in [1.82, 2.24) is 4.98 Å². The molecule has 0 bridgehead atoms. The van der Waals surface area contributed by atoms with Crippen LogP contribution < -0.4 is 29.6 Å². The fourth-order valence-electron chi connectivity index (χ4n) is 0.277. The second-order valence-corrected chi connectivity index (χ2v) is 0.947. The maximum Gasteiger partial charge on any atom is 1.00 e. The molecule has 0 amide bonds. The van der Waals surface area contributed by atoms with E-state index in [4.69, 9.17) is 0 Å². The molecule has 38 valence electrons. The van der Waals surface area contributed by atoms with E-state index in [2.05, 4.69) is 11.1 Å². The van der Waals surface area contributed by atoms with Gasteiger partial charge in [-0.05, 0) is 0 Å². The zero-order valence-corrected chi connectivity index (χ0v) is 6.76. The Morgan fingerprint density at radius 1 is 1.12 bits per heavy atom. The summed E-state index contributed by atoms with van der Waals surface area (Å²) in [6, 6.07) is 6.36. The molecule has 0 spiro atoms. The topological polar surface area (TPSA) is 44.4 Å². The molecule has 0 radical (unpaired) electrons. The van der Waals surface area contributed by atoms with Crippen molar-refractivity contribution in [3.8, 4) is 0 Å². The molecule has 0 atom stereocenters. The summed E-state index contributed by atoms with van der Waals surface area (Å²) in [6.45, 7) is 0. The predicted octanol–water partition coefficient (Wildman–Crippen LogP) is -2.94. The Labute approximate surface area is 70.5 Å². The third-order valence-electron chi connectivity index (χ3n) is 0.514. The van der Waals surface area contributed by atoms with Gasteiger partial charge in [-0.25, -0.2) is 0 Å². The van der Waals surface area contributed by atoms with Crippen molar-refractivity contribution in [3.63, 3.8) is 0 Å². The molecular formula is C5H6NNaO. The van der Waals surface area contributed by atoms with E-state index >= 15 is 0 Å². The van der Waals surface area contributed by atoms with Crippen LogP contribution in [0.15, 0.2) is 24.5 Å². The van der Waals surface area contributed by atoms with Gasteiger partial charge in [-0.1, -0.05) is 12.4 Å². The van der Waals surface area contributed by atoms with Gasteiger partial charge in [0.05, 0.1) is 0 Å². The third kappa shape index (κ3) is 4.27. The molecule has 1 aromatic rings. The molecule has 1 rings (SSSR count). The first-order valence-electron chi connectivity index (χ1n) is 1.76. The van der Waals surface area contributed by atoms with E-state index in [-0.39, 0.29) is 35.0 Å². The Bertz CT molecular complexity index is 84.4. The second-order valence-electron chi connectivity index (χ2n) is 0.947. The summed E-state index contributed by atoms with van der Waals surface area (Å²) in [7, 11) is 0. The van der Waals surface area contributed by atoms with Crippen molar-refractivity contribution < 1.29 is 35.0 Å². The fourth-order valence-corrected chi connectivity index (χ4v) is 0.277. The number of hydrogen-bond donors (Lipinski definition) is 0. The van der Waals surface area contributed by atoms with E-state index in [1.54, 1.807) is 24.5 Å². The van der Waals surface area contributed by atoms with Crippen LogP contribution in [-0.2, 0) is 0 Å². The SMILES string of the molecule is O.[Na+].[c-]1ccncc1. The van der Waals surface area contributed by atoms with E-state index in [0.29, 0.717) is 0 Å². The minimum Gasteiger partial charge on any atom is -0.412 e. The van der Waals surface area contributed by atoms with Gasteiger partial charge in [0.2, 0.25) is 0 Å². The molecule has 0 saturated carbocycles. The van der Waals surface area contributed by atoms with Crippen LogP contribution in [0, 0.1) is 6.07 Å². The first kappa shape index (κ1) is 11.0. The maximum absolute atomic E-state index is 3.75. The number of rotatable bonds is 0. The fraction of sp³-hybridized carbons (Fsp3) is 0. The van der Waals surface area contributed by atoms with Crippen molar-refractivity contribution in [2.45, 2.75) is 0 Å². The van der Waals surface area contributed by atoms with Crippen molar-refractivity contribution in [2.75, 3.05) is 0 Å². The van der Waals surface area contributed by atoms with E-state index in [1.807, 2.05) is 0 Å². The van der Waals surface area contributed by atoms with Crippen LogP contribution in [0.1, 0.15) is 0 Å². The summed E-state index contributed by atoms with van der Waals surface area (Å²) in [5.41, 5.74) is 0. The molecule has 0 aliphatic rings. The van der Waals surface area contributed by atoms with Crippen molar-refractivity contribution in [2.24, 2.45) is 0 Å². The Hall–Kier alpha value is 0.110. The number of aromatic nitrogens is 1. The van der Waals surface area contributed by atoms with Crippen LogP contribution in [0.3, 0.4) is 0 Å². The Kier molecular flexibility index (Phi) is 9.76. The Balaban J connectivity index is 0. The van der Waals surface area contributed by atoms with Gasteiger partial charge in [0.1, 0.15) is 0 Å². The number of nitrogens with zero attached hydrogens (tertiary/aromatic N) is 1. The van der Waals surface area contributed by atoms with E-state index in [9.17, 15) is 0 Å². The summed E-state index contributed by atoms with van der Waals surface area (Å²) in [5, 5.41) is 0. The Morgan fingerprint density at radius 3 is 1.75 bits per heavy atom. The zero-order chi connectivity index (χ0) is 4.24. The molecule has 8 heavy (non-hydrogen) atoms. The van der Waals surface area contributed by atoms with Gasteiger partial charge < -0.3 is 10.5 Å². The molecule has 0 aromatic carbocycles. The zero-order valence-electron chi connectivity index (χ0n) is 4.76. The number of hydrogen-bond acceptors (Lipinski definition) is 1. The monoisotopic (exact) mass is 119 g/mol. The molecule has 0 fully saturated rings. The minimum absolute atomic E-state index is 0. The van der Waals surface area contributed by atoms with Gasteiger partial charge in [0.25, 0.3) is 0 Å². The molecule has 1 aromatic heterocycles. The van der Waals surface area contributed by atoms with Crippen LogP contribution in [0.25, 0.3) is 0 Å². The predicted molar refractivity (Wildman–Crippen MR) is 26.7 cm³/mol. The molecule has 0 saturated heterocycles. The molecule has 1 heterocycles. The van der Waals surface area contributed by atoms with Crippen LogP contribution >= 0.6 is 0 Å². The van der Waals surface area contributed by atoms with Crippen molar-refractivity contribution in [3.05, 3.63) is 30.6 Å². The standard InChI is InChI=1S/C5H4N.Na.H2O/c1-2-4-6-5-3-1;;/h2-5H;;1H2/q-1;+1;. The summed E-state index contributed by atoms with van der Waals surface area (Å²) >= 11 is 0. The van der Waals surface area contributed by atoms with Gasteiger partial charge >= 0.3 is 29.6 Å². The van der Waals surface area contributed by atoms with Gasteiger partial charge in [-0.15, -0.1) is 0 Å². The molecule has 0 unspecified atom stereocenters. The van der Waals surface area contributed by atoms with Crippen LogP contribution in [-0.4, -0.2) is 10.5 Å². The van der Waals surface area contributed by atoms with Gasteiger partial charge in [0.15, 0.2) is 0 Å². The van der Waals surface area contributed by atoms with Crippen molar-refractivity contribution in [1.29, 1.82) is 0 Å². The first-order chi connectivity index (χ1) is 3.00. The second kappa shape index (κ2) is 7.11. The normalized spacial score (nSPS) is 6.00. The van der Waals surface area contributed by atoms with Crippen LogP contribution in [0.2, 0.25) is 0 Å². The molecule has 0 aliphatic heterocycles. The quantitative estimate of drug-likeness (QED) is 0.266. The summed E-state index contributed by atoms with van der Waals surface area (Å²) in [5.74, 6) is 0. The average Bonchev–Trinajstić information content (AvgIpc) is 1.72. The van der Waals surface area contributed by atoms with Crippen LogP contribution in [0.5, 0.6) is 0 Å². The average molecular weight is 119 g/mol. The molecular weight excluding hydrogens is 113 g/mol. The maximum atomic E-state index is 3.75. The van der Waals surface area contributed by atoms with Gasteiger partial charge in [-0.3, -0.25) is 0 Å². The molecule has 0 aliphatic carbocycles. The molecule has 2 nitrogen and oxygen atoms in total. The van der Waals surface area contributed by atoms with Crippen molar-refractivity contribution >= 4 is 0 Å².